The maximum atomic E-state index is 13.0. The zero-order valence-electron chi connectivity index (χ0n) is 18.3. The number of aliphatic imine (C=N–C) groups is 1. The number of nitrogens with zero attached hydrogens (tertiary/aromatic N) is 2. The normalized spacial score (nSPS) is 16.5. The maximum Gasteiger partial charge on any atom is 0.238 e. The van der Waals surface area contributed by atoms with Crippen LogP contribution in [0.2, 0.25) is 0 Å². The molecule has 8 heteroatoms. The Morgan fingerprint density at radius 1 is 1.09 bits per heavy atom. The molecule has 2 aliphatic rings. The monoisotopic (exact) mass is 435 g/mol. The molecule has 0 aromatic heterocycles. The fourth-order valence-corrected chi connectivity index (χ4v) is 3.82. The van der Waals surface area contributed by atoms with Gasteiger partial charge in [0.2, 0.25) is 18.6 Å². The molecular formula is C24H25N3O5. The molecule has 1 unspecified atom stereocenters. The van der Waals surface area contributed by atoms with Gasteiger partial charge in [-0.05, 0) is 55.3 Å². The van der Waals surface area contributed by atoms with Gasteiger partial charge in [0.15, 0.2) is 17.3 Å². The van der Waals surface area contributed by atoms with Gasteiger partial charge in [0.1, 0.15) is 5.92 Å². The van der Waals surface area contributed by atoms with Crippen molar-refractivity contribution in [1.82, 2.24) is 4.90 Å². The van der Waals surface area contributed by atoms with Gasteiger partial charge in [0, 0.05) is 43.9 Å². The first-order chi connectivity index (χ1) is 15.3. The summed E-state index contributed by atoms with van der Waals surface area (Å²) in [6.07, 6.45) is 0.652. The summed E-state index contributed by atoms with van der Waals surface area (Å²) in [6, 6.07) is 10.7. The highest BCUT2D eigenvalue weighted by Crippen LogP contribution is 2.38. The summed E-state index contributed by atoms with van der Waals surface area (Å²) in [4.78, 5) is 42.8. The van der Waals surface area contributed by atoms with E-state index < -0.39 is 5.92 Å². The number of carbonyl (C=O) groups is 3. The molecule has 1 atom stereocenters. The van der Waals surface area contributed by atoms with Gasteiger partial charge in [-0.3, -0.25) is 19.4 Å². The van der Waals surface area contributed by atoms with E-state index in [0.29, 0.717) is 48.0 Å². The molecule has 0 spiro atoms. The molecule has 0 fully saturated rings. The van der Waals surface area contributed by atoms with E-state index in [1.165, 1.54) is 13.8 Å². The van der Waals surface area contributed by atoms with Gasteiger partial charge < -0.3 is 19.7 Å². The second-order valence-corrected chi connectivity index (χ2v) is 7.91. The Bertz CT molecular complexity index is 1120. The lowest BCUT2D eigenvalue weighted by Crippen LogP contribution is -2.26. The summed E-state index contributed by atoms with van der Waals surface area (Å²) in [5.41, 5.74) is 3.27. The number of anilines is 1. The van der Waals surface area contributed by atoms with E-state index in [1.54, 1.807) is 36.2 Å². The van der Waals surface area contributed by atoms with Gasteiger partial charge in [-0.25, -0.2) is 0 Å². The zero-order chi connectivity index (χ0) is 22.8. The Morgan fingerprint density at radius 3 is 2.59 bits per heavy atom. The molecule has 0 bridgehead atoms. The molecule has 2 aliphatic heterocycles. The number of Topliss-reactive ketones (excluding diaryl/α,β-unsaturated/α-hetero) is 1. The summed E-state index contributed by atoms with van der Waals surface area (Å²) in [7, 11) is 1.74. The average Bonchev–Trinajstić information content (AvgIpc) is 3.36. The van der Waals surface area contributed by atoms with Crippen LogP contribution in [0.4, 0.5) is 5.69 Å². The van der Waals surface area contributed by atoms with Crippen LogP contribution < -0.4 is 14.8 Å². The third-order valence-corrected chi connectivity index (χ3v) is 5.70. The Kier molecular flexibility index (Phi) is 5.94. The van der Waals surface area contributed by atoms with Gasteiger partial charge in [0.05, 0.1) is 5.71 Å². The van der Waals surface area contributed by atoms with Crippen molar-refractivity contribution >= 4 is 29.0 Å². The minimum atomic E-state index is -0.657. The van der Waals surface area contributed by atoms with E-state index >= 15 is 0 Å². The molecule has 32 heavy (non-hydrogen) atoms. The van der Waals surface area contributed by atoms with E-state index in [9.17, 15) is 14.4 Å². The Morgan fingerprint density at radius 2 is 1.84 bits per heavy atom. The summed E-state index contributed by atoms with van der Waals surface area (Å²) in [5.74, 6) is 0.313. The number of nitrogens with one attached hydrogen (secondary N) is 1. The molecule has 8 nitrogen and oxygen atoms in total. The Labute approximate surface area is 186 Å². The van der Waals surface area contributed by atoms with Crippen molar-refractivity contribution in [2.45, 2.75) is 26.2 Å². The lowest BCUT2D eigenvalue weighted by atomic mass is 9.89. The molecule has 2 aromatic rings. The fourth-order valence-electron chi connectivity index (χ4n) is 3.82. The molecule has 166 valence electrons. The number of carbonyl (C=O) groups excluding carboxylic acids is 3. The molecular weight excluding hydrogens is 410 g/mol. The summed E-state index contributed by atoms with van der Waals surface area (Å²) < 4.78 is 10.9. The first-order valence-electron chi connectivity index (χ1n) is 10.5. The topological polar surface area (TPSA) is 97.3 Å². The van der Waals surface area contributed by atoms with Crippen LogP contribution in [-0.2, 0) is 9.59 Å². The predicted octanol–water partition coefficient (Wildman–Crippen LogP) is 3.01. The number of ketones is 1. The third-order valence-electron chi connectivity index (χ3n) is 5.70. The van der Waals surface area contributed by atoms with Crippen LogP contribution in [0.25, 0.3) is 0 Å². The number of hydrogen-bond acceptors (Lipinski definition) is 6. The molecule has 0 aliphatic carbocycles. The largest absolute Gasteiger partial charge is 0.454 e. The van der Waals surface area contributed by atoms with Gasteiger partial charge in [0.25, 0.3) is 0 Å². The SMILES string of the molecule is CC(=O)c1ccc2c(c1)C(C(=NCCCN(C)C(C)=O)c1ccc3c(c1)OCO3)C(=O)N2. The number of benzene rings is 2. The highest BCUT2D eigenvalue weighted by atomic mass is 16.7. The lowest BCUT2D eigenvalue weighted by Gasteiger charge is -2.16. The second-order valence-electron chi connectivity index (χ2n) is 7.91. The van der Waals surface area contributed by atoms with E-state index in [1.807, 2.05) is 12.1 Å². The summed E-state index contributed by atoms with van der Waals surface area (Å²) in [5, 5.41) is 2.90. The molecule has 2 aromatic carbocycles. The van der Waals surface area contributed by atoms with E-state index in [2.05, 4.69) is 5.32 Å². The molecule has 2 amide bonds. The quantitative estimate of drug-likeness (QED) is 0.410. The van der Waals surface area contributed by atoms with Crippen molar-refractivity contribution in [3.63, 3.8) is 0 Å². The fraction of sp³-hybridized carbons (Fsp3) is 0.333. The molecule has 4 rings (SSSR count). The van der Waals surface area contributed by atoms with Gasteiger partial charge in [-0.1, -0.05) is 0 Å². The van der Waals surface area contributed by atoms with E-state index in [-0.39, 0.29) is 24.4 Å². The molecule has 0 saturated carbocycles. The maximum absolute atomic E-state index is 13.0. The highest BCUT2D eigenvalue weighted by molar-refractivity contribution is 6.24. The number of amides is 2. The lowest BCUT2D eigenvalue weighted by molar-refractivity contribution is -0.127. The van der Waals surface area contributed by atoms with Crippen molar-refractivity contribution in [3.05, 3.63) is 53.1 Å². The first-order valence-corrected chi connectivity index (χ1v) is 10.5. The molecule has 0 saturated heterocycles. The number of hydrogen-bond donors (Lipinski definition) is 1. The van der Waals surface area contributed by atoms with Crippen LogP contribution in [0.15, 0.2) is 41.4 Å². The van der Waals surface area contributed by atoms with Crippen LogP contribution >= 0.6 is 0 Å². The van der Waals surface area contributed by atoms with Gasteiger partial charge >= 0.3 is 0 Å². The standard InChI is InChI=1S/C24H25N3O5/c1-14(28)16-5-7-19-18(11-16)22(24(30)26-19)23(25-9-4-10-27(3)15(2)29)17-6-8-20-21(12-17)32-13-31-20/h5-8,11-12,22H,4,9-10,13H2,1-3H3,(H,26,30). The van der Waals surface area contributed by atoms with Crippen molar-refractivity contribution < 1.29 is 23.9 Å². The Hall–Kier alpha value is -3.68. The minimum absolute atomic E-state index is 0.00849. The van der Waals surface area contributed by atoms with Crippen molar-refractivity contribution in [2.75, 3.05) is 32.2 Å². The van der Waals surface area contributed by atoms with Crippen LogP contribution in [0.5, 0.6) is 11.5 Å². The Balaban J connectivity index is 1.70. The van der Waals surface area contributed by atoms with E-state index in [4.69, 9.17) is 14.5 Å². The number of rotatable bonds is 7. The van der Waals surface area contributed by atoms with Crippen molar-refractivity contribution in [3.8, 4) is 11.5 Å². The molecule has 1 N–H and O–H groups in total. The smallest absolute Gasteiger partial charge is 0.238 e. The van der Waals surface area contributed by atoms with Crippen LogP contribution in [0, 0.1) is 0 Å². The van der Waals surface area contributed by atoms with Gasteiger partial charge in [-0.15, -0.1) is 0 Å². The molecule has 2 heterocycles. The van der Waals surface area contributed by atoms with Crippen molar-refractivity contribution in [1.29, 1.82) is 0 Å². The van der Waals surface area contributed by atoms with Crippen molar-refractivity contribution in [2.24, 2.45) is 4.99 Å². The number of ether oxygens (including phenoxy) is 2. The van der Waals surface area contributed by atoms with Crippen LogP contribution in [-0.4, -0.2) is 55.1 Å². The predicted molar refractivity (Wildman–Crippen MR) is 120 cm³/mol. The van der Waals surface area contributed by atoms with Gasteiger partial charge in [-0.2, -0.15) is 0 Å². The number of fused-ring (bicyclic) bond motifs is 2. The minimum Gasteiger partial charge on any atom is -0.454 e. The highest BCUT2D eigenvalue weighted by Gasteiger charge is 2.36. The average molecular weight is 435 g/mol. The summed E-state index contributed by atoms with van der Waals surface area (Å²) >= 11 is 0. The van der Waals surface area contributed by atoms with Crippen LogP contribution in [0.3, 0.4) is 0 Å². The zero-order valence-corrected chi connectivity index (χ0v) is 18.3. The van der Waals surface area contributed by atoms with Crippen LogP contribution in [0.1, 0.15) is 47.7 Å². The first kappa shape index (κ1) is 21.5. The summed E-state index contributed by atoms with van der Waals surface area (Å²) in [6.45, 7) is 4.17. The third kappa shape index (κ3) is 4.21. The molecule has 0 radical (unpaired) electrons. The van der Waals surface area contributed by atoms with E-state index in [0.717, 1.165) is 11.1 Å². The second kappa shape index (κ2) is 8.82.